The number of epoxide rings is 1. The highest BCUT2D eigenvalue weighted by atomic mass is 16.6. The summed E-state index contributed by atoms with van der Waals surface area (Å²) in [4.78, 5) is 0. The van der Waals surface area contributed by atoms with Crippen LogP contribution in [0.1, 0.15) is 19.8 Å². The van der Waals surface area contributed by atoms with Gasteiger partial charge in [0.05, 0.1) is 31.8 Å². The maximum absolute atomic E-state index is 8.39. The molecule has 1 aliphatic rings. The van der Waals surface area contributed by atoms with Gasteiger partial charge in [0.2, 0.25) is 0 Å². The van der Waals surface area contributed by atoms with Gasteiger partial charge in [0, 0.05) is 0 Å². The molecular formula is C8H13NO2. The molecule has 3 heteroatoms. The van der Waals surface area contributed by atoms with Gasteiger partial charge in [-0.25, -0.2) is 0 Å². The molecule has 0 bridgehead atoms. The SMILES string of the molecule is CCC(CC#N)OCC1CO1. The lowest BCUT2D eigenvalue weighted by atomic mass is 10.2. The second-order valence-corrected chi connectivity index (χ2v) is 2.68. The molecule has 0 aliphatic carbocycles. The summed E-state index contributed by atoms with van der Waals surface area (Å²) in [7, 11) is 0. The minimum absolute atomic E-state index is 0.101. The molecule has 2 unspecified atom stereocenters. The van der Waals surface area contributed by atoms with Crippen molar-refractivity contribution in [1.29, 1.82) is 5.26 Å². The van der Waals surface area contributed by atoms with Crippen LogP contribution < -0.4 is 0 Å². The Hall–Kier alpha value is -0.590. The molecule has 2 atom stereocenters. The number of ether oxygens (including phenoxy) is 2. The fraction of sp³-hybridized carbons (Fsp3) is 0.875. The molecule has 0 spiro atoms. The van der Waals surface area contributed by atoms with E-state index in [0.29, 0.717) is 19.1 Å². The van der Waals surface area contributed by atoms with Crippen molar-refractivity contribution < 1.29 is 9.47 Å². The third kappa shape index (κ3) is 3.35. The van der Waals surface area contributed by atoms with Gasteiger partial charge in [-0.3, -0.25) is 0 Å². The van der Waals surface area contributed by atoms with Gasteiger partial charge in [-0.15, -0.1) is 0 Å². The molecule has 0 aromatic rings. The quantitative estimate of drug-likeness (QED) is 0.558. The molecule has 0 N–H and O–H groups in total. The Kier molecular flexibility index (Phi) is 3.34. The summed E-state index contributed by atoms with van der Waals surface area (Å²) in [5, 5.41) is 8.39. The predicted octanol–water partition coefficient (Wildman–Crippen LogP) is 1.09. The highest BCUT2D eigenvalue weighted by Crippen LogP contribution is 2.12. The number of nitrogens with zero attached hydrogens (tertiary/aromatic N) is 1. The first kappa shape index (κ1) is 8.51. The van der Waals surface area contributed by atoms with E-state index in [0.717, 1.165) is 13.0 Å². The van der Waals surface area contributed by atoms with Crippen molar-refractivity contribution in [3.63, 3.8) is 0 Å². The summed E-state index contributed by atoms with van der Waals surface area (Å²) < 4.78 is 10.4. The van der Waals surface area contributed by atoms with Crippen LogP contribution in [-0.4, -0.2) is 25.4 Å². The molecule has 1 fully saturated rings. The number of rotatable bonds is 5. The van der Waals surface area contributed by atoms with Crippen LogP contribution in [0.25, 0.3) is 0 Å². The van der Waals surface area contributed by atoms with Crippen LogP contribution in [0.2, 0.25) is 0 Å². The van der Waals surface area contributed by atoms with E-state index >= 15 is 0 Å². The van der Waals surface area contributed by atoms with Crippen LogP contribution in [0.3, 0.4) is 0 Å². The normalized spacial score (nSPS) is 24.2. The fourth-order valence-electron chi connectivity index (χ4n) is 0.831. The molecule has 0 aromatic carbocycles. The molecular weight excluding hydrogens is 142 g/mol. The van der Waals surface area contributed by atoms with Crippen molar-refractivity contribution in [2.45, 2.75) is 32.0 Å². The van der Waals surface area contributed by atoms with E-state index in [-0.39, 0.29) is 6.10 Å². The average molecular weight is 155 g/mol. The van der Waals surface area contributed by atoms with E-state index in [1.807, 2.05) is 6.92 Å². The van der Waals surface area contributed by atoms with Gasteiger partial charge in [-0.1, -0.05) is 6.92 Å². The lowest BCUT2D eigenvalue weighted by Gasteiger charge is -2.10. The Morgan fingerprint density at radius 1 is 1.82 bits per heavy atom. The Labute approximate surface area is 66.9 Å². The summed E-state index contributed by atoms with van der Waals surface area (Å²) >= 11 is 0. The van der Waals surface area contributed by atoms with E-state index in [2.05, 4.69) is 6.07 Å². The molecule has 0 saturated carbocycles. The third-order valence-corrected chi connectivity index (χ3v) is 1.69. The van der Waals surface area contributed by atoms with Gasteiger partial charge in [0.25, 0.3) is 0 Å². The first-order valence-corrected chi connectivity index (χ1v) is 3.97. The smallest absolute Gasteiger partial charge is 0.104 e. The maximum atomic E-state index is 8.39. The zero-order valence-corrected chi connectivity index (χ0v) is 6.75. The molecule has 0 amide bonds. The predicted molar refractivity (Wildman–Crippen MR) is 40.0 cm³/mol. The van der Waals surface area contributed by atoms with Crippen molar-refractivity contribution in [2.75, 3.05) is 13.2 Å². The Balaban J connectivity index is 2.04. The number of hydrogen-bond acceptors (Lipinski definition) is 3. The maximum Gasteiger partial charge on any atom is 0.104 e. The zero-order valence-electron chi connectivity index (χ0n) is 6.75. The lowest BCUT2D eigenvalue weighted by Crippen LogP contribution is -2.14. The summed E-state index contributed by atoms with van der Waals surface area (Å²) in [5.41, 5.74) is 0. The first-order chi connectivity index (χ1) is 5.36. The highest BCUT2D eigenvalue weighted by molar-refractivity contribution is 4.76. The van der Waals surface area contributed by atoms with Crippen LogP contribution >= 0.6 is 0 Å². The van der Waals surface area contributed by atoms with E-state index in [1.165, 1.54) is 0 Å². The van der Waals surface area contributed by atoms with E-state index in [1.54, 1.807) is 0 Å². The van der Waals surface area contributed by atoms with Crippen molar-refractivity contribution in [1.82, 2.24) is 0 Å². The van der Waals surface area contributed by atoms with Gasteiger partial charge in [-0.2, -0.15) is 5.26 Å². The molecule has 62 valence electrons. The van der Waals surface area contributed by atoms with Gasteiger partial charge in [-0.05, 0) is 6.42 Å². The van der Waals surface area contributed by atoms with Crippen LogP contribution in [0.15, 0.2) is 0 Å². The van der Waals surface area contributed by atoms with Crippen molar-refractivity contribution in [3.05, 3.63) is 0 Å². The molecule has 3 nitrogen and oxygen atoms in total. The van der Waals surface area contributed by atoms with Crippen LogP contribution in [0.5, 0.6) is 0 Å². The summed E-state index contributed by atoms with van der Waals surface area (Å²) in [6, 6.07) is 2.10. The van der Waals surface area contributed by atoms with Crippen molar-refractivity contribution in [3.8, 4) is 6.07 Å². The highest BCUT2D eigenvalue weighted by Gasteiger charge is 2.23. The molecule has 1 rings (SSSR count). The Morgan fingerprint density at radius 2 is 2.55 bits per heavy atom. The second-order valence-electron chi connectivity index (χ2n) is 2.68. The average Bonchev–Trinajstić information content (AvgIpc) is 2.81. The summed E-state index contributed by atoms with van der Waals surface area (Å²) in [6.07, 6.45) is 1.80. The van der Waals surface area contributed by atoms with Gasteiger partial charge >= 0.3 is 0 Å². The Bertz CT molecular complexity index is 149. The van der Waals surface area contributed by atoms with Crippen LogP contribution in [-0.2, 0) is 9.47 Å². The van der Waals surface area contributed by atoms with Crippen LogP contribution in [0, 0.1) is 11.3 Å². The number of nitriles is 1. The monoisotopic (exact) mass is 155 g/mol. The lowest BCUT2D eigenvalue weighted by molar-refractivity contribution is 0.0434. The molecule has 1 saturated heterocycles. The fourth-order valence-corrected chi connectivity index (χ4v) is 0.831. The molecule has 0 aromatic heterocycles. The van der Waals surface area contributed by atoms with Gasteiger partial charge < -0.3 is 9.47 Å². The topological polar surface area (TPSA) is 45.5 Å². The van der Waals surface area contributed by atoms with Gasteiger partial charge in [0.1, 0.15) is 6.10 Å². The van der Waals surface area contributed by atoms with Crippen LogP contribution in [0.4, 0.5) is 0 Å². The van der Waals surface area contributed by atoms with E-state index in [4.69, 9.17) is 14.7 Å². The van der Waals surface area contributed by atoms with E-state index < -0.39 is 0 Å². The van der Waals surface area contributed by atoms with Gasteiger partial charge in [0.15, 0.2) is 0 Å². The molecule has 1 heterocycles. The molecule has 0 radical (unpaired) electrons. The van der Waals surface area contributed by atoms with Crippen molar-refractivity contribution >= 4 is 0 Å². The Morgan fingerprint density at radius 3 is 3.00 bits per heavy atom. The summed E-state index contributed by atoms with van der Waals surface area (Å²) in [5.74, 6) is 0. The first-order valence-electron chi connectivity index (χ1n) is 3.97. The van der Waals surface area contributed by atoms with Crippen molar-refractivity contribution in [2.24, 2.45) is 0 Å². The van der Waals surface area contributed by atoms with E-state index in [9.17, 15) is 0 Å². The molecule has 11 heavy (non-hydrogen) atoms. The zero-order chi connectivity index (χ0) is 8.10. The number of hydrogen-bond donors (Lipinski definition) is 0. The summed E-state index contributed by atoms with van der Waals surface area (Å²) in [6.45, 7) is 3.50. The second kappa shape index (κ2) is 4.32. The minimum Gasteiger partial charge on any atom is -0.374 e. The largest absolute Gasteiger partial charge is 0.374 e. The minimum atomic E-state index is 0.101. The standard InChI is InChI=1S/C8H13NO2/c1-2-7(3-4-9)10-5-8-6-11-8/h7-8H,2-3,5-6H2,1H3. The molecule has 1 aliphatic heterocycles. The third-order valence-electron chi connectivity index (χ3n) is 1.69.